The summed E-state index contributed by atoms with van der Waals surface area (Å²) in [6.07, 6.45) is 6.44. The molecule has 0 amide bonds. The molecule has 122 valence electrons. The lowest BCUT2D eigenvalue weighted by molar-refractivity contribution is 0.737. The summed E-state index contributed by atoms with van der Waals surface area (Å²) in [6.45, 7) is 8.17. The molecule has 0 N–H and O–H groups in total. The van der Waals surface area contributed by atoms with Crippen LogP contribution in [0.3, 0.4) is 0 Å². The van der Waals surface area contributed by atoms with Gasteiger partial charge in [-0.25, -0.2) is 0 Å². The van der Waals surface area contributed by atoms with Crippen LogP contribution in [0.5, 0.6) is 0 Å². The van der Waals surface area contributed by atoms with E-state index in [2.05, 4.69) is 18.8 Å². The highest BCUT2D eigenvalue weighted by atomic mass is 16.1. The quantitative estimate of drug-likeness (QED) is 0.568. The summed E-state index contributed by atoms with van der Waals surface area (Å²) in [5, 5.41) is 0. The van der Waals surface area contributed by atoms with Crippen LogP contribution in [0.15, 0.2) is 47.4 Å². The van der Waals surface area contributed by atoms with E-state index < -0.39 is 0 Å². The molecule has 0 unspecified atom stereocenters. The summed E-state index contributed by atoms with van der Waals surface area (Å²) in [5.74, 6) is 6.37. The maximum atomic E-state index is 11.9. The number of aryl methyl sites for hydroxylation is 1. The zero-order valence-electron chi connectivity index (χ0n) is 14.7. The molecule has 2 rings (SSSR count). The third-order valence-corrected chi connectivity index (χ3v) is 3.34. The second kappa shape index (κ2) is 10.5. The third-order valence-electron chi connectivity index (χ3n) is 3.34. The molecule has 0 spiro atoms. The van der Waals surface area contributed by atoms with Crippen LogP contribution in [0.4, 0.5) is 0 Å². The first-order valence-corrected chi connectivity index (χ1v) is 8.49. The average molecular weight is 309 g/mol. The molecule has 0 aliphatic carbocycles. The van der Waals surface area contributed by atoms with Crippen LogP contribution >= 0.6 is 0 Å². The van der Waals surface area contributed by atoms with E-state index in [1.165, 1.54) is 19.3 Å². The largest absolute Gasteiger partial charge is 0.284 e. The summed E-state index contributed by atoms with van der Waals surface area (Å²) < 4.78 is 1.66. The molecule has 0 aliphatic heterocycles. The Bertz CT molecular complexity index is 699. The normalized spacial score (nSPS) is 9.39. The molecule has 0 fully saturated rings. The Hall–Kier alpha value is -2.27. The van der Waals surface area contributed by atoms with E-state index in [9.17, 15) is 4.79 Å². The minimum Gasteiger partial charge on any atom is -0.284 e. The third kappa shape index (κ3) is 6.16. The molecule has 1 aromatic heterocycles. The number of unbranched alkanes of at least 4 members (excludes halogenated alkanes) is 3. The van der Waals surface area contributed by atoms with Gasteiger partial charge < -0.3 is 0 Å². The van der Waals surface area contributed by atoms with Crippen LogP contribution in [-0.4, -0.2) is 4.57 Å². The molecule has 1 aromatic carbocycles. The number of nitrogens with zero attached hydrogens (tertiary/aromatic N) is 1. The van der Waals surface area contributed by atoms with Gasteiger partial charge in [-0.05, 0) is 43.2 Å². The number of pyridine rings is 1. The van der Waals surface area contributed by atoms with Gasteiger partial charge in [0, 0.05) is 29.9 Å². The second-order valence-corrected chi connectivity index (χ2v) is 5.22. The maximum Gasteiger partial charge on any atom is 0.255 e. The van der Waals surface area contributed by atoms with Crippen LogP contribution in [0, 0.1) is 18.8 Å². The molecule has 23 heavy (non-hydrogen) atoms. The van der Waals surface area contributed by atoms with Crippen LogP contribution in [0.1, 0.15) is 57.6 Å². The van der Waals surface area contributed by atoms with Gasteiger partial charge >= 0.3 is 0 Å². The van der Waals surface area contributed by atoms with Crippen LogP contribution in [0.25, 0.3) is 5.69 Å². The molecule has 0 atom stereocenters. The van der Waals surface area contributed by atoms with E-state index >= 15 is 0 Å². The standard InChI is InChI=1S/C19H21NO.C2H6/c1-3-4-5-6-7-8-17-10-12-18(13-11-17)20-15-16(2)9-14-19(20)21;1-2/h9-15H,3-6H2,1-2H3;1-2H3. The fourth-order valence-electron chi connectivity index (χ4n) is 2.13. The predicted octanol–water partition coefficient (Wildman–Crippen LogP) is 5.10. The van der Waals surface area contributed by atoms with Gasteiger partial charge in [0.1, 0.15) is 0 Å². The van der Waals surface area contributed by atoms with E-state index in [1.54, 1.807) is 10.6 Å². The SMILES string of the molecule is CC.CCCCCC#Cc1ccc(-n2cc(C)ccc2=O)cc1. The first kappa shape index (κ1) is 18.8. The number of aromatic nitrogens is 1. The molecule has 1 heterocycles. The lowest BCUT2D eigenvalue weighted by Gasteiger charge is -2.06. The number of hydrogen-bond acceptors (Lipinski definition) is 1. The van der Waals surface area contributed by atoms with E-state index in [-0.39, 0.29) is 5.56 Å². The molecule has 0 bridgehead atoms. The molecule has 2 heteroatoms. The molecule has 0 aliphatic rings. The summed E-state index contributed by atoms with van der Waals surface area (Å²) >= 11 is 0. The van der Waals surface area contributed by atoms with E-state index in [0.29, 0.717) is 0 Å². The Labute approximate surface area is 140 Å². The van der Waals surface area contributed by atoms with Crippen molar-refractivity contribution in [2.45, 2.75) is 53.4 Å². The Morgan fingerprint density at radius 2 is 1.70 bits per heavy atom. The summed E-state index contributed by atoms with van der Waals surface area (Å²) in [5.41, 5.74) is 2.92. The van der Waals surface area contributed by atoms with Crippen molar-refractivity contribution in [3.8, 4) is 17.5 Å². The molecular formula is C21H27NO. The monoisotopic (exact) mass is 309 g/mol. The van der Waals surface area contributed by atoms with Gasteiger partial charge in [-0.2, -0.15) is 0 Å². The lowest BCUT2D eigenvalue weighted by atomic mass is 10.1. The fraction of sp³-hybridized carbons (Fsp3) is 0.381. The van der Waals surface area contributed by atoms with Gasteiger partial charge in [0.25, 0.3) is 5.56 Å². The maximum absolute atomic E-state index is 11.9. The van der Waals surface area contributed by atoms with Gasteiger partial charge in [0.2, 0.25) is 0 Å². The molecule has 2 aromatic rings. The fourth-order valence-corrected chi connectivity index (χ4v) is 2.13. The highest BCUT2D eigenvalue weighted by Crippen LogP contribution is 2.08. The Morgan fingerprint density at radius 1 is 1.00 bits per heavy atom. The van der Waals surface area contributed by atoms with E-state index in [1.807, 2.05) is 57.3 Å². The Morgan fingerprint density at radius 3 is 2.35 bits per heavy atom. The van der Waals surface area contributed by atoms with Crippen molar-refractivity contribution < 1.29 is 0 Å². The van der Waals surface area contributed by atoms with Crippen molar-refractivity contribution in [2.75, 3.05) is 0 Å². The summed E-state index contributed by atoms with van der Waals surface area (Å²) in [6, 6.07) is 11.2. The zero-order valence-corrected chi connectivity index (χ0v) is 14.7. The van der Waals surface area contributed by atoms with Crippen molar-refractivity contribution in [1.82, 2.24) is 4.57 Å². The molecule has 0 saturated carbocycles. The van der Waals surface area contributed by atoms with Gasteiger partial charge in [0.05, 0.1) is 0 Å². The molecule has 0 radical (unpaired) electrons. The summed E-state index contributed by atoms with van der Waals surface area (Å²) in [4.78, 5) is 11.9. The van der Waals surface area contributed by atoms with Crippen LogP contribution in [-0.2, 0) is 0 Å². The highest BCUT2D eigenvalue weighted by Gasteiger charge is 1.99. The van der Waals surface area contributed by atoms with Crippen molar-refractivity contribution >= 4 is 0 Å². The second-order valence-electron chi connectivity index (χ2n) is 5.22. The minimum absolute atomic E-state index is 0.0148. The van der Waals surface area contributed by atoms with Crippen molar-refractivity contribution in [1.29, 1.82) is 0 Å². The molecular weight excluding hydrogens is 282 g/mol. The highest BCUT2D eigenvalue weighted by molar-refractivity contribution is 5.42. The zero-order chi connectivity index (χ0) is 17.1. The van der Waals surface area contributed by atoms with Gasteiger partial charge in [0.15, 0.2) is 0 Å². The number of benzene rings is 1. The lowest BCUT2D eigenvalue weighted by Crippen LogP contribution is -2.16. The smallest absolute Gasteiger partial charge is 0.255 e. The van der Waals surface area contributed by atoms with Gasteiger partial charge in [-0.1, -0.05) is 51.5 Å². The van der Waals surface area contributed by atoms with Crippen molar-refractivity contribution in [3.05, 3.63) is 64.1 Å². The Kier molecular flexibility index (Phi) is 8.54. The first-order chi connectivity index (χ1) is 11.2. The Balaban J connectivity index is 0.00000127. The van der Waals surface area contributed by atoms with Crippen LogP contribution < -0.4 is 5.56 Å². The number of hydrogen-bond donors (Lipinski definition) is 0. The van der Waals surface area contributed by atoms with Gasteiger partial charge in [-0.3, -0.25) is 9.36 Å². The minimum atomic E-state index is -0.0148. The van der Waals surface area contributed by atoms with Crippen LogP contribution in [0.2, 0.25) is 0 Å². The van der Waals surface area contributed by atoms with Crippen molar-refractivity contribution in [3.63, 3.8) is 0 Å². The van der Waals surface area contributed by atoms with E-state index in [0.717, 1.165) is 23.2 Å². The molecule has 0 saturated heterocycles. The van der Waals surface area contributed by atoms with Gasteiger partial charge in [-0.15, -0.1) is 0 Å². The van der Waals surface area contributed by atoms with E-state index in [4.69, 9.17) is 0 Å². The first-order valence-electron chi connectivity index (χ1n) is 8.49. The van der Waals surface area contributed by atoms with Crippen molar-refractivity contribution in [2.24, 2.45) is 0 Å². The summed E-state index contributed by atoms with van der Waals surface area (Å²) in [7, 11) is 0. The topological polar surface area (TPSA) is 22.0 Å². The average Bonchev–Trinajstić information content (AvgIpc) is 2.59. The number of rotatable bonds is 4. The predicted molar refractivity (Wildman–Crippen MR) is 99.1 cm³/mol. The molecule has 2 nitrogen and oxygen atoms in total.